The second kappa shape index (κ2) is 14.7. The predicted octanol–water partition coefficient (Wildman–Crippen LogP) is 2.72. The summed E-state index contributed by atoms with van der Waals surface area (Å²) in [5, 5.41) is 18.8. The van der Waals surface area contributed by atoms with Crippen LogP contribution in [0.1, 0.15) is 66.4 Å². The minimum absolute atomic E-state index is 0.0741. The Balaban J connectivity index is 2.33. The SMILES string of the molecule is CCC(C)C(NC(=O)C(Cc1c[nH]c2ccccc12)NC(=O)C(CC(C)C)NC(=O)C(N)CC(C)C)C(=O)O. The first-order valence-corrected chi connectivity index (χ1v) is 13.8. The van der Waals surface area contributed by atoms with E-state index in [0.717, 1.165) is 16.5 Å². The van der Waals surface area contributed by atoms with Crippen LogP contribution in [0.25, 0.3) is 10.9 Å². The molecule has 5 atom stereocenters. The summed E-state index contributed by atoms with van der Waals surface area (Å²) in [6, 6.07) is 3.75. The maximum Gasteiger partial charge on any atom is 0.326 e. The first-order chi connectivity index (χ1) is 18.3. The Labute approximate surface area is 230 Å². The largest absolute Gasteiger partial charge is 0.480 e. The van der Waals surface area contributed by atoms with E-state index in [1.807, 2.05) is 58.9 Å². The molecule has 0 radical (unpaired) electrons. The number of aromatic nitrogens is 1. The molecule has 39 heavy (non-hydrogen) atoms. The first kappa shape index (κ1) is 31.8. The number of amides is 3. The Hall–Kier alpha value is -3.40. The van der Waals surface area contributed by atoms with Crippen molar-refractivity contribution in [3.8, 4) is 0 Å². The molecule has 0 bridgehead atoms. The van der Waals surface area contributed by atoms with Gasteiger partial charge in [0.05, 0.1) is 6.04 Å². The third-order valence-electron chi connectivity index (χ3n) is 6.91. The molecule has 10 heteroatoms. The van der Waals surface area contributed by atoms with Crippen LogP contribution in [0.2, 0.25) is 0 Å². The number of H-pyrrole nitrogens is 1. The highest BCUT2D eigenvalue weighted by Crippen LogP contribution is 2.20. The van der Waals surface area contributed by atoms with E-state index in [2.05, 4.69) is 20.9 Å². The highest BCUT2D eigenvalue weighted by Gasteiger charge is 2.32. The highest BCUT2D eigenvalue weighted by atomic mass is 16.4. The maximum absolute atomic E-state index is 13.5. The van der Waals surface area contributed by atoms with E-state index in [9.17, 15) is 24.3 Å². The Kier molecular flexibility index (Phi) is 12.0. The molecule has 1 aromatic heterocycles. The monoisotopic (exact) mass is 543 g/mol. The fraction of sp³-hybridized carbons (Fsp3) is 0.586. The minimum atomic E-state index is -1.14. The number of aliphatic carboxylic acids is 1. The highest BCUT2D eigenvalue weighted by molar-refractivity contribution is 5.95. The van der Waals surface area contributed by atoms with Gasteiger partial charge in [-0.25, -0.2) is 4.79 Å². The summed E-state index contributed by atoms with van der Waals surface area (Å²) >= 11 is 0. The maximum atomic E-state index is 13.5. The predicted molar refractivity (Wildman–Crippen MR) is 152 cm³/mol. The topological polar surface area (TPSA) is 166 Å². The number of rotatable bonds is 15. The number of nitrogens with two attached hydrogens (primary N) is 1. The molecule has 1 heterocycles. The average Bonchev–Trinajstić information content (AvgIpc) is 3.27. The van der Waals surface area contributed by atoms with E-state index >= 15 is 0 Å². The van der Waals surface area contributed by atoms with Crippen LogP contribution < -0.4 is 21.7 Å². The van der Waals surface area contributed by atoms with E-state index < -0.39 is 47.9 Å². The van der Waals surface area contributed by atoms with Crippen molar-refractivity contribution in [1.82, 2.24) is 20.9 Å². The van der Waals surface area contributed by atoms with E-state index in [1.54, 1.807) is 13.1 Å². The van der Waals surface area contributed by atoms with Crippen LogP contribution in [0, 0.1) is 17.8 Å². The Morgan fingerprint density at radius 2 is 1.46 bits per heavy atom. The Bertz CT molecular complexity index is 1130. The van der Waals surface area contributed by atoms with Crippen LogP contribution in [0.5, 0.6) is 0 Å². The number of nitrogens with one attached hydrogen (secondary N) is 4. The summed E-state index contributed by atoms with van der Waals surface area (Å²) in [5.74, 6) is -2.73. The zero-order valence-electron chi connectivity index (χ0n) is 23.9. The molecule has 0 saturated carbocycles. The Morgan fingerprint density at radius 1 is 0.872 bits per heavy atom. The summed E-state index contributed by atoms with van der Waals surface area (Å²) in [4.78, 5) is 54.8. The molecule has 5 unspecified atom stereocenters. The molecular formula is C29H45N5O5. The normalized spacial score (nSPS) is 15.4. The fourth-order valence-electron chi connectivity index (χ4n) is 4.54. The van der Waals surface area contributed by atoms with Crippen LogP contribution >= 0.6 is 0 Å². The number of para-hydroxylation sites is 1. The van der Waals surface area contributed by atoms with Crippen molar-refractivity contribution in [2.75, 3.05) is 0 Å². The molecule has 7 N–H and O–H groups in total. The number of aromatic amines is 1. The third-order valence-corrected chi connectivity index (χ3v) is 6.91. The van der Waals surface area contributed by atoms with Crippen LogP contribution in [0.3, 0.4) is 0 Å². The van der Waals surface area contributed by atoms with Crippen molar-refractivity contribution >= 4 is 34.6 Å². The molecule has 2 aromatic rings. The first-order valence-electron chi connectivity index (χ1n) is 13.8. The van der Waals surface area contributed by atoms with Gasteiger partial charge in [0, 0.05) is 23.5 Å². The van der Waals surface area contributed by atoms with Gasteiger partial charge in [-0.1, -0.05) is 66.2 Å². The summed E-state index contributed by atoms with van der Waals surface area (Å²) in [5.41, 5.74) is 7.72. The molecule has 2 rings (SSSR count). The fourth-order valence-corrected chi connectivity index (χ4v) is 4.54. The van der Waals surface area contributed by atoms with E-state index in [-0.39, 0.29) is 24.2 Å². The zero-order chi connectivity index (χ0) is 29.3. The van der Waals surface area contributed by atoms with Crippen LogP contribution in [-0.4, -0.2) is 57.9 Å². The quantitative estimate of drug-likeness (QED) is 0.202. The number of fused-ring (bicyclic) bond motifs is 1. The molecular weight excluding hydrogens is 498 g/mol. The summed E-state index contributed by atoms with van der Waals surface area (Å²) in [6.45, 7) is 11.4. The molecule has 0 aliphatic carbocycles. The molecule has 0 fully saturated rings. The smallest absolute Gasteiger partial charge is 0.326 e. The molecule has 0 aliphatic heterocycles. The molecule has 3 amide bonds. The van der Waals surface area contributed by atoms with Crippen LogP contribution in [-0.2, 0) is 25.6 Å². The second-order valence-corrected chi connectivity index (χ2v) is 11.3. The summed E-state index contributed by atoms with van der Waals surface area (Å²) < 4.78 is 0. The lowest BCUT2D eigenvalue weighted by Crippen LogP contribution is -2.58. The molecule has 216 valence electrons. The molecule has 10 nitrogen and oxygen atoms in total. The van der Waals surface area contributed by atoms with Crippen molar-refractivity contribution in [2.45, 2.75) is 91.4 Å². The van der Waals surface area contributed by atoms with E-state index in [0.29, 0.717) is 19.3 Å². The number of carboxylic acids is 1. The van der Waals surface area contributed by atoms with E-state index in [1.165, 1.54) is 0 Å². The van der Waals surface area contributed by atoms with Gasteiger partial charge in [0.1, 0.15) is 18.1 Å². The molecule has 0 aliphatic rings. The van der Waals surface area contributed by atoms with Gasteiger partial charge in [-0.05, 0) is 42.2 Å². The van der Waals surface area contributed by atoms with Crippen LogP contribution in [0.4, 0.5) is 0 Å². The molecule has 0 saturated heterocycles. The van der Waals surface area contributed by atoms with Gasteiger partial charge in [0.2, 0.25) is 17.7 Å². The van der Waals surface area contributed by atoms with Gasteiger partial charge >= 0.3 is 5.97 Å². The van der Waals surface area contributed by atoms with Crippen molar-refractivity contribution in [3.05, 3.63) is 36.0 Å². The number of benzene rings is 1. The lowest BCUT2D eigenvalue weighted by atomic mass is 9.97. The van der Waals surface area contributed by atoms with Gasteiger partial charge in [-0.15, -0.1) is 0 Å². The van der Waals surface area contributed by atoms with Crippen molar-refractivity contribution in [3.63, 3.8) is 0 Å². The number of carbonyl (C=O) groups excluding carboxylic acids is 3. The van der Waals surface area contributed by atoms with Crippen LogP contribution in [0.15, 0.2) is 30.5 Å². The summed E-state index contributed by atoms with van der Waals surface area (Å²) in [6.07, 6.45) is 3.27. The number of carbonyl (C=O) groups is 4. The zero-order valence-corrected chi connectivity index (χ0v) is 23.9. The summed E-state index contributed by atoms with van der Waals surface area (Å²) in [7, 11) is 0. The van der Waals surface area contributed by atoms with Crippen molar-refractivity contribution in [2.24, 2.45) is 23.5 Å². The molecule has 0 spiro atoms. The van der Waals surface area contributed by atoms with Gasteiger partial charge < -0.3 is 31.8 Å². The average molecular weight is 544 g/mol. The Morgan fingerprint density at radius 3 is 2.05 bits per heavy atom. The standard InChI is InChI=1S/C29H45N5O5/c1-7-18(6)25(29(38)39)34-28(37)24(14-19-15-31-22-11-9-8-10-20(19)22)33-27(36)23(13-17(4)5)32-26(35)21(30)12-16(2)3/h8-11,15-18,21,23-25,31H,7,12-14,30H2,1-6H3,(H,32,35)(H,33,36)(H,34,37)(H,38,39). The number of hydrogen-bond acceptors (Lipinski definition) is 5. The number of hydrogen-bond donors (Lipinski definition) is 6. The van der Waals surface area contributed by atoms with Gasteiger partial charge in [0.25, 0.3) is 0 Å². The van der Waals surface area contributed by atoms with Gasteiger partial charge in [-0.2, -0.15) is 0 Å². The van der Waals surface area contributed by atoms with Gasteiger partial charge in [0.15, 0.2) is 0 Å². The van der Waals surface area contributed by atoms with Crippen molar-refractivity contribution < 1.29 is 24.3 Å². The van der Waals surface area contributed by atoms with Gasteiger partial charge in [-0.3, -0.25) is 14.4 Å². The minimum Gasteiger partial charge on any atom is -0.480 e. The second-order valence-electron chi connectivity index (χ2n) is 11.3. The lowest BCUT2D eigenvalue weighted by Gasteiger charge is -2.27. The van der Waals surface area contributed by atoms with E-state index in [4.69, 9.17) is 5.73 Å². The third kappa shape index (κ3) is 9.38. The van der Waals surface area contributed by atoms with Crippen molar-refractivity contribution in [1.29, 1.82) is 0 Å². The number of carboxylic acid groups (broad SMARTS) is 1. The lowest BCUT2D eigenvalue weighted by molar-refractivity contribution is -0.143. The molecule has 1 aromatic carbocycles.